The van der Waals surface area contributed by atoms with Crippen LogP contribution < -0.4 is 20.3 Å². The Kier molecular flexibility index (Phi) is 7.67. The molecule has 0 saturated heterocycles. The van der Waals surface area contributed by atoms with Crippen molar-refractivity contribution in [2.45, 2.75) is 24.8 Å². The number of carbonyl (C=O) groups excluding carboxylic acids is 2. The van der Waals surface area contributed by atoms with Crippen LogP contribution >= 0.6 is 0 Å². The molecule has 2 rings (SSSR count). The van der Waals surface area contributed by atoms with E-state index in [4.69, 9.17) is 4.74 Å². The molecule has 2 amide bonds. The summed E-state index contributed by atoms with van der Waals surface area (Å²) in [4.78, 5) is 34.8. The van der Waals surface area contributed by atoms with Crippen molar-refractivity contribution in [2.24, 2.45) is 5.92 Å². The predicted molar refractivity (Wildman–Crippen MR) is 111 cm³/mol. The summed E-state index contributed by atoms with van der Waals surface area (Å²) >= 11 is 0. The molecule has 0 aliphatic rings. The van der Waals surface area contributed by atoms with Gasteiger partial charge in [0, 0.05) is 17.7 Å². The lowest BCUT2D eigenvalue weighted by Crippen LogP contribution is -2.54. The Morgan fingerprint density at radius 1 is 1.06 bits per heavy atom. The van der Waals surface area contributed by atoms with Crippen LogP contribution in [0.25, 0.3) is 0 Å². The number of nitrogens with one attached hydrogen (secondary N) is 3. The number of sulfonamides is 1. The number of rotatable bonds is 8. The van der Waals surface area contributed by atoms with E-state index >= 15 is 0 Å². The Bertz CT molecular complexity index is 1070. The molecular formula is C19H22N4O7S. The second kappa shape index (κ2) is 10.00. The van der Waals surface area contributed by atoms with Gasteiger partial charge >= 0.3 is 0 Å². The lowest BCUT2D eigenvalue weighted by Gasteiger charge is -2.21. The second-order valence-electron chi connectivity index (χ2n) is 6.77. The zero-order valence-electron chi connectivity index (χ0n) is 17.0. The first-order chi connectivity index (χ1) is 14.5. The molecule has 2 aromatic carbocycles. The first-order valence-electron chi connectivity index (χ1n) is 9.06. The fraction of sp³-hybridized carbons (Fsp3) is 0.263. The summed E-state index contributed by atoms with van der Waals surface area (Å²) in [6, 6.07) is 9.34. The number of nitro benzene ring substituents is 1. The maximum Gasteiger partial charge on any atom is 0.270 e. The third kappa shape index (κ3) is 6.23. The first-order valence-corrected chi connectivity index (χ1v) is 10.5. The van der Waals surface area contributed by atoms with E-state index < -0.39 is 38.7 Å². The fourth-order valence-electron chi connectivity index (χ4n) is 2.51. The molecule has 0 saturated carbocycles. The average Bonchev–Trinajstić information content (AvgIpc) is 2.75. The zero-order valence-corrected chi connectivity index (χ0v) is 17.8. The molecule has 11 nitrogen and oxygen atoms in total. The number of methoxy groups -OCH3 is 1. The van der Waals surface area contributed by atoms with Gasteiger partial charge in [0.05, 0.1) is 16.9 Å². The first kappa shape index (κ1) is 23.8. The highest BCUT2D eigenvalue weighted by Crippen LogP contribution is 2.17. The molecule has 166 valence electrons. The number of nitro groups is 1. The van der Waals surface area contributed by atoms with E-state index in [0.717, 1.165) is 6.07 Å². The molecule has 0 bridgehead atoms. The van der Waals surface area contributed by atoms with Crippen LogP contribution in [-0.4, -0.2) is 38.3 Å². The predicted octanol–water partition coefficient (Wildman–Crippen LogP) is 1.37. The maximum atomic E-state index is 12.6. The van der Waals surface area contributed by atoms with Gasteiger partial charge in [0.2, 0.25) is 10.0 Å². The minimum absolute atomic E-state index is 0.0468. The van der Waals surface area contributed by atoms with Gasteiger partial charge in [-0.05, 0) is 36.2 Å². The van der Waals surface area contributed by atoms with Gasteiger partial charge in [-0.25, -0.2) is 8.42 Å². The Balaban J connectivity index is 2.08. The highest BCUT2D eigenvalue weighted by Gasteiger charge is 2.29. The number of hydrogen-bond acceptors (Lipinski definition) is 7. The summed E-state index contributed by atoms with van der Waals surface area (Å²) in [7, 11) is -2.59. The quantitative estimate of drug-likeness (QED) is 0.405. The van der Waals surface area contributed by atoms with Crippen LogP contribution in [0, 0.1) is 16.0 Å². The van der Waals surface area contributed by atoms with E-state index in [1.165, 1.54) is 49.6 Å². The summed E-state index contributed by atoms with van der Waals surface area (Å²) < 4.78 is 32.6. The molecule has 1 atom stereocenters. The molecular weight excluding hydrogens is 428 g/mol. The molecule has 0 spiro atoms. The van der Waals surface area contributed by atoms with Crippen molar-refractivity contribution in [3.63, 3.8) is 0 Å². The zero-order chi connectivity index (χ0) is 23.2. The molecule has 0 radical (unpaired) electrons. The minimum atomic E-state index is -4.03. The number of carbonyl (C=O) groups is 2. The van der Waals surface area contributed by atoms with Gasteiger partial charge in [-0.1, -0.05) is 19.9 Å². The number of benzene rings is 2. The van der Waals surface area contributed by atoms with Gasteiger partial charge in [-0.3, -0.25) is 30.6 Å². The number of ether oxygens (including phenoxy) is 1. The number of amides is 2. The third-order valence-electron chi connectivity index (χ3n) is 4.22. The fourth-order valence-corrected chi connectivity index (χ4v) is 3.86. The van der Waals surface area contributed by atoms with E-state index in [1.807, 2.05) is 0 Å². The number of hydrogen-bond donors (Lipinski definition) is 3. The van der Waals surface area contributed by atoms with Crippen molar-refractivity contribution in [2.75, 3.05) is 7.11 Å². The number of non-ortho nitro benzene ring substituents is 1. The van der Waals surface area contributed by atoms with E-state index in [1.54, 1.807) is 13.8 Å². The van der Waals surface area contributed by atoms with Crippen LogP contribution in [-0.2, 0) is 14.8 Å². The Labute approximate surface area is 179 Å². The van der Waals surface area contributed by atoms with E-state index in [0.29, 0.717) is 5.75 Å². The molecule has 0 aliphatic carbocycles. The van der Waals surface area contributed by atoms with Crippen LogP contribution in [0.2, 0.25) is 0 Å². The number of hydrazine groups is 1. The average molecular weight is 450 g/mol. The van der Waals surface area contributed by atoms with Crippen LogP contribution in [0.5, 0.6) is 5.75 Å². The number of nitrogens with zero attached hydrogens (tertiary/aromatic N) is 1. The van der Waals surface area contributed by atoms with Crippen molar-refractivity contribution in [3.05, 3.63) is 64.2 Å². The van der Waals surface area contributed by atoms with Gasteiger partial charge in [-0.15, -0.1) is 0 Å². The Hall–Kier alpha value is -3.51. The molecule has 2 aromatic rings. The van der Waals surface area contributed by atoms with Crippen molar-refractivity contribution in [1.29, 1.82) is 0 Å². The van der Waals surface area contributed by atoms with E-state index in [-0.39, 0.29) is 16.1 Å². The van der Waals surface area contributed by atoms with Gasteiger partial charge in [0.25, 0.3) is 17.5 Å². The normalized spacial score (nSPS) is 12.1. The van der Waals surface area contributed by atoms with Gasteiger partial charge in [0.15, 0.2) is 0 Å². The summed E-state index contributed by atoms with van der Waals surface area (Å²) in [5.74, 6) is -1.58. The lowest BCUT2D eigenvalue weighted by atomic mass is 10.1. The van der Waals surface area contributed by atoms with Crippen LogP contribution in [0.1, 0.15) is 24.2 Å². The molecule has 0 fully saturated rings. The van der Waals surface area contributed by atoms with Gasteiger partial charge in [0.1, 0.15) is 11.8 Å². The van der Waals surface area contributed by atoms with Crippen LogP contribution in [0.15, 0.2) is 53.4 Å². The molecule has 0 aliphatic heterocycles. The van der Waals surface area contributed by atoms with Gasteiger partial charge < -0.3 is 4.74 Å². The topological polar surface area (TPSA) is 157 Å². The Morgan fingerprint density at radius 3 is 2.26 bits per heavy atom. The van der Waals surface area contributed by atoms with Crippen molar-refractivity contribution >= 4 is 27.5 Å². The van der Waals surface area contributed by atoms with Crippen molar-refractivity contribution < 1.29 is 27.7 Å². The third-order valence-corrected chi connectivity index (χ3v) is 5.68. The van der Waals surface area contributed by atoms with E-state index in [9.17, 15) is 28.1 Å². The summed E-state index contributed by atoms with van der Waals surface area (Å²) in [6.45, 7) is 3.26. The molecule has 3 N–H and O–H groups in total. The molecule has 0 aromatic heterocycles. The van der Waals surface area contributed by atoms with Crippen LogP contribution in [0.3, 0.4) is 0 Å². The van der Waals surface area contributed by atoms with Crippen LogP contribution in [0.4, 0.5) is 5.69 Å². The van der Waals surface area contributed by atoms with Gasteiger partial charge in [-0.2, -0.15) is 4.72 Å². The second-order valence-corrected chi connectivity index (χ2v) is 8.48. The lowest BCUT2D eigenvalue weighted by molar-refractivity contribution is -0.384. The highest BCUT2D eigenvalue weighted by atomic mass is 32.2. The van der Waals surface area contributed by atoms with E-state index in [2.05, 4.69) is 15.6 Å². The Morgan fingerprint density at radius 2 is 1.71 bits per heavy atom. The molecule has 1 unspecified atom stereocenters. The monoisotopic (exact) mass is 450 g/mol. The SMILES string of the molecule is COc1ccc(S(=O)(=O)NC(C(=O)NNC(=O)c2cccc([N+](=O)[O-])c2)C(C)C)cc1. The highest BCUT2D eigenvalue weighted by molar-refractivity contribution is 7.89. The largest absolute Gasteiger partial charge is 0.497 e. The minimum Gasteiger partial charge on any atom is -0.497 e. The molecule has 0 heterocycles. The van der Waals surface area contributed by atoms with Crippen molar-refractivity contribution in [1.82, 2.24) is 15.6 Å². The molecule has 31 heavy (non-hydrogen) atoms. The molecule has 12 heteroatoms. The summed E-state index contributed by atoms with van der Waals surface area (Å²) in [5.41, 5.74) is 3.94. The summed E-state index contributed by atoms with van der Waals surface area (Å²) in [5, 5.41) is 10.8. The maximum absolute atomic E-state index is 12.6. The summed E-state index contributed by atoms with van der Waals surface area (Å²) in [6.07, 6.45) is 0. The standard InChI is InChI=1S/C19H22N4O7S/c1-12(2)17(22-31(28,29)16-9-7-15(30-3)8-10-16)19(25)21-20-18(24)13-5-4-6-14(11-13)23(26)27/h4-12,17,22H,1-3H3,(H,20,24)(H,21,25). The smallest absolute Gasteiger partial charge is 0.270 e. The van der Waals surface area contributed by atoms with Crippen molar-refractivity contribution in [3.8, 4) is 5.75 Å².